The molecule has 0 unspecified atom stereocenters. The molecule has 0 aliphatic rings. The zero-order valence-electron chi connectivity index (χ0n) is 9.09. The van der Waals surface area contributed by atoms with E-state index in [1.54, 1.807) is 11.3 Å². The van der Waals surface area contributed by atoms with E-state index in [1.165, 1.54) is 5.56 Å². The molecule has 0 spiro atoms. The Hall–Kier alpha value is -0.910. The Balaban J connectivity index is 1.94. The number of nitrogens with two attached hydrogens (primary N) is 1. The molecule has 1 rings (SSSR count). The first-order valence-corrected chi connectivity index (χ1v) is 6.21. The summed E-state index contributed by atoms with van der Waals surface area (Å²) >= 11 is 1.70. The Labute approximate surface area is 99.0 Å². The maximum Gasteiger partial charge on any atom is 0.322 e. The second-order valence-electron chi connectivity index (χ2n) is 3.61. The molecule has 0 saturated carbocycles. The number of unbranched alkanes of at least 4 members (excludes halogenated alkanes) is 1. The second kappa shape index (κ2) is 7.38. The van der Waals surface area contributed by atoms with Crippen molar-refractivity contribution in [2.75, 3.05) is 13.2 Å². The van der Waals surface area contributed by atoms with Gasteiger partial charge in [-0.3, -0.25) is 4.79 Å². The molecule has 0 bridgehead atoms. The van der Waals surface area contributed by atoms with Crippen molar-refractivity contribution < 1.29 is 14.6 Å². The molecule has 0 aliphatic heterocycles. The third-order valence-corrected chi connectivity index (χ3v) is 2.93. The molecule has 90 valence electrons. The molecule has 1 aromatic heterocycles. The van der Waals surface area contributed by atoms with Crippen molar-refractivity contribution in [3.63, 3.8) is 0 Å². The van der Waals surface area contributed by atoms with Gasteiger partial charge in [-0.1, -0.05) is 0 Å². The van der Waals surface area contributed by atoms with Crippen molar-refractivity contribution >= 4 is 17.3 Å². The van der Waals surface area contributed by atoms with Crippen molar-refractivity contribution in [3.8, 4) is 0 Å². The maximum absolute atomic E-state index is 10.4. The van der Waals surface area contributed by atoms with Gasteiger partial charge in [0.15, 0.2) is 0 Å². The quantitative estimate of drug-likeness (QED) is 0.679. The molecule has 0 fully saturated rings. The van der Waals surface area contributed by atoms with Gasteiger partial charge < -0.3 is 15.6 Å². The normalized spacial score (nSPS) is 12.6. The number of aryl methyl sites for hydroxylation is 1. The number of carbonyl (C=O) groups is 1. The van der Waals surface area contributed by atoms with Crippen LogP contribution in [0, 0.1) is 0 Å². The zero-order chi connectivity index (χ0) is 11.8. The number of aliphatic carboxylic acids is 1. The molecule has 0 aliphatic carbocycles. The lowest BCUT2D eigenvalue weighted by Crippen LogP contribution is -2.34. The summed E-state index contributed by atoms with van der Waals surface area (Å²) in [5.41, 5.74) is 6.64. The summed E-state index contributed by atoms with van der Waals surface area (Å²) in [6.45, 7) is 0.666. The van der Waals surface area contributed by atoms with Crippen molar-refractivity contribution in [2.45, 2.75) is 25.3 Å². The first kappa shape index (κ1) is 13.2. The van der Waals surface area contributed by atoms with Crippen LogP contribution in [0.4, 0.5) is 0 Å². The van der Waals surface area contributed by atoms with Crippen LogP contribution in [0.25, 0.3) is 0 Å². The van der Waals surface area contributed by atoms with Crippen LogP contribution in [0.15, 0.2) is 16.8 Å². The molecule has 16 heavy (non-hydrogen) atoms. The third kappa shape index (κ3) is 5.25. The van der Waals surface area contributed by atoms with Gasteiger partial charge in [0.2, 0.25) is 0 Å². The van der Waals surface area contributed by atoms with Crippen LogP contribution < -0.4 is 5.73 Å². The van der Waals surface area contributed by atoms with Crippen LogP contribution >= 0.6 is 11.3 Å². The van der Waals surface area contributed by atoms with Crippen molar-refractivity contribution in [1.82, 2.24) is 0 Å². The van der Waals surface area contributed by atoms with Crippen molar-refractivity contribution in [3.05, 3.63) is 22.4 Å². The van der Waals surface area contributed by atoms with Gasteiger partial charge in [-0.05, 0) is 41.7 Å². The Morgan fingerprint density at radius 2 is 2.38 bits per heavy atom. The number of thiophene rings is 1. The van der Waals surface area contributed by atoms with E-state index in [-0.39, 0.29) is 6.61 Å². The fourth-order valence-corrected chi connectivity index (χ4v) is 1.95. The highest BCUT2D eigenvalue weighted by Gasteiger charge is 2.10. The van der Waals surface area contributed by atoms with Gasteiger partial charge in [0.1, 0.15) is 6.04 Å². The Morgan fingerprint density at radius 1 is 1.56 bits per heavy atom. The topological polar surface area (TPSA) is 72.5 Å². The minimum atomic E-state index is -1.02. The maximum atomic E-state index is 10.4. The highest BCUT2D eigenvalue weighted by Crippen LogP contribution is 2.09. The van der Waals surface area contributed by atoms with E-state index >= 15 is 0 Å². The number of ether oxygens (including phenoxy) is 1. The smallest absolute Gasteiger partial charge is 0.322 e. The largest absolute Gasteiger partial charge is 0.480 e. The minimum Gasteiger partial charge on any atom is -0.480 e. The SMILES string of the molecule is N[C@H](COCCCCc1ccsc1)C(=O)O. The number of carboxylic acids is 1. The van der Waals surface area contributed by atoms with E-state index in [2.05, 4.69) is 16.8 Å². The van der Waals surface area contributed by atoms with Gasteiger partial charge in [0.05, 0.1) is 6.61 Å². The third-order valence-electron chi connectivity index (χ3n) is 2.20. The van der Waals surface area contributed by atoms with Crippen molar-refractivity contribution in [2.24, 2.45) is 5.73 Å². The summed E-state index contributed by atoms with van der Waals surface area (Å²) in [4.78, 5) is 10.4. The Bertz CT molecular complexity index is 300. The molecular formula is C11H17NO3S. The van der Waals surface area contributed by atoms with Gasteiger partial charge in [-0.15, -0.1) is 0 Å². The van der Waals surface area contributed by atoms with E-state index in [0.29, 0.717) is 6.61 Å². The van der Waals surface area contributed by atoms with Gasteiger partial charge in [-0.2, -0.15) is 11.3 Å². The number of hydrogen-bond acceptors (Lipinski definition) is 4. The Kier molecular flexibility index (Phi) is 6.07. The molecule has 3 N–H and O–H groups in total. The van der Waals surface area contributed by atoms with E-state index in [9.17, 15) is 4.79 Å². The standard InChI is InChI=1S/C11H17NO3S/c12-10(11(13)14)7-15-5-2-1-3-9-4-6-16-8-9/h4,6,8,10H,1-3,5,7,12H2,(H,13,14)/t10-/m1/s1. The van der Waals surface area contributed by atoms with Gasteiger partial charge in [0.25, 0.3) is 0 Å². The van der Waals surface area contributed by atoms with Crippen LogP contribution in [-0.2, 0) is 16.0 Å². The van der Waals surface area contributed by atoms with Crippen LogP contribution in [0.2, 0.25) is 0 Å². The molecule has 4 nitrogen and oxygen atoms in total. The molecule has 1 atom stereocenters. The Morgan fingerprint density at radius 3 is 3.00 bits per heavy atom. The molecule has 5 heteroatoms. The van der Waals surface area contributed by atoms with Crippen molar-refractivity contribution in [1.29, 1.82) is 0 Å². The average Bonchev–Trinajstić information content (AvgIpc) is 2.75. The number of carboxylic acid groups (broad SMARTS) is 1. The van der Waals surface area contributed by atoms with E-state index in [0.717, 1.165) is 19.3 Å². The molecule has 1 heterocycles. The summed E-state index contributed by atoms with van der Waals surface area (Å²) < 4.78 is 5.17. The molecular weight excluding hydrogens is 226 g/mol. The number of hydrogen-bond donors (Lipinski definition) is 2. The summed E-state index contributed by atoms with van der Waals surface area (Å²) in [7, 11) is 0. The molecule has 0 aromatic carbocycles. The second-order valence-corrected chi connectivity index (χ2v) is 4.39. The number of rotatable bonds is 8. The van der Waals surface area contributed by atoms with E-state index < -0.39 is 12.0 Å². The molecule has 0 radical (unpaired) electrons. The van der Waals surface area contributed by atoms with Gasteiger partial charge in [0, 0.05) is 6.61 Å². The first-order valence-electron chi connectivity index (χ1n) is 5.27. The fraction of sp³-hybridized carbons (Fsp3) is 0.545. The molecule has 1 aromatic rings. The first-order chi connectivity index (χ1) is 7.70. The van der Waals surface area contributed by atoms with Crippen LogP contribution in [0.1, 0.15) is 18.4 Å². The van der Waals surface area contributed by atoms with Crippen LogP contribution in [-0.4, -0.2) is 30.3 Å². The van der Waals surface area contributed by atoms with Gasteiger partial charge in [-0.25, -0.2) is 0 Å². The predicted octanol–water partition coefficient (Wildman–Crippen LogP) is 1.50. The van der Waals surface area contributed by atoms with Gasteiger partial charge >= 0.3 is 5.97 Å². The van der Waals surface area contributed by atoms with Crippen LogP contribution in [0.3, 0.4) is 0 Å². The summed E-state index contributed by atoms with van der Waals surface area (Å²) in [5, 5.41) is 12.7. The molecule has 0 amide bonds. The van der Waals surface area contributed by atoms with Crippen LogP contribution in [0.5, 0.6) is 0 Å². The summed E-state index contributed by atoms with van der Waals surface area (Å²) in [5.74, 6) is -1.02. The van der Waals surface area contributed by atoms with E-state index in [1.807, 2.05) is 0 Å². The highest BCUT2D eigenvalue weighted by molar-refractivity contribution is 7.07. The summed E-state index contributed by atoms with van der Waals surface area (Å²) in [6, 6.07) is 1.21. The minimum absolute atomic E-state index is 0.0911. The predicted molar refractivity (Wildman–Crippen MR) is 63.7 cm³/mol. The lowest BCUT2D eigenvalue weighted by molar-refractivity contribution is -0.140. The monoisotopic (exact) mass is 243 g/mol. The zero-order valence-corrected chi connectivity index (χ0v) is 9.91. The van der Waals surface area contributed by atoms with E-state index in [4.69, 9.17) is 15.6 Å². The highest BCUT2D eigenvalue weighted by atomic mass is 32.1. The lowest BCUT2D eigenvalue weighted by atomic mass is 10.1. The lowest BCUT2D eigenvalue weighted by Gasteiger charge is -2.07. The fourth-order valence-electron chi connectivity index (χ4n) is 1.25. The average molecular weight is 243 g/mol. The molecule has 0 saturated heterocycles. The summed E-state index contributed by atoms with van der Waals surface area (Å²) in [6.07, 6.45) is 3.04.